The maximum absolute atomic E-state index is 11.9. The van der Waals surface area contributed by atoms with E-state index in [1.54, 1.807) is 0 Å². The van der Waals surface area contributed by atoms with Crippen molar-refractivity contribution in [2.24, 2.45) is 13.0 Å². The highest BCUT2D eigenvalue weighted by Gasteiger charge is 2.28. The smallest absolute Gasteiger partial charge is 0.229 e. The average molecular weight is 420 g/mol. The Morgan fingerprint density at radius 3 is 2.84 bits per heavy atom. The number of rotatable bonds is 9. The Balaban J connectivity index is 1.21. The molecule has 0 unspecified atom stereocenters. The van der Waals surface area contributed by atoms with Gasteiger partial charge in [-0.25, -0.2) is 4.98 Å². The zero-order chi connectivity index (χ0) is 21.2. The van der Waals surface area contributed by atoms with Crippen LogP contribution in [0.3, 0.4) is 0 Å². The van der Waals surface area contributed by atoms with Crippen LogP contribution in [-0.2, 0) is 11.8 Å². The number of aryl methyl sites for hydroxylation is 1. The van der Waals surface area contributed by atoms with Gasteiger partial charge in [0.15, 0.2) is 0 Å². The first-order chi connectivity index (χ1) is 15.2. The molecule has 2 aromatic heterocycles. The summed E-state index contributed by atoms with van der Waals surface area (Å²) in [5.41, 5.74) is 3.03. The molecular formula is C23H29N7O. The van der Waals surface area contributed by atoms with E-state index in [2.05, 4.69) is 26.0 Å². The number of fused-ring (bicyclic) bond motifs is 1. The molecular weight excluding hydrogens is 390 g/mol. The summed E-state index contributed by atoms with van der Waals surface area (Å²) in [6, 6.07) is 6.06. The Morgan fingerprint density at radius 1 is 1.19 bits per heavy atom. The molecule has 2 heterocycles. The van der Waals surface area contributed by atoms with E-state index < -0.39 is 0 Å². The summed E-state index contributed by atoms with van der Waals surface area (Å²) in [5, 5.41) is 15.4. The van der Waals surface area contributed by atoms with Crippen LogP contribution >= 0.6 is 0 Å². The van der Waals surface area contributed by atoms with Crippen molar-refractivity contribution in [2.45, 2.75) is 44.4 Å². The van der Waals surface area contributed by atoms with E-state index >= 15 is 0 Å². The Labute approximate surface area is 181 Å². The molecule has 8 heteroatoms. The third-order valence-electron chi connectivity index (χ3n) is 6.13. The van der Waals surface area contributed by atoms with E-state index in [4.69, 9.17) is 4.98 Å². The average Bonchev–Trinajstić information content (AvgIpc) is 3.47. The highest BCUT2D eigenvalue weighted by molar-refractivity contribution is 5.82. The lowest BCUT2D eigenvalue weighted by Crippen LogP contribution is -2.35. The molecule has 2 fully saturated rings. The summed E-state index contributed by atoms with van der Waals surface area (Å²) in [5.74, 6) is 2.47. The monoisotopic (exact) mass is 419 g/mol. The lowest BCUT2D eigenvalue weighted by Gasteiger charge is -2.24. The van der Waals surface area contributed by atoms with Crippen molar-refractivity contribution in [3.05, 3.63) is 36.2 Å². The minimum Gasteiger partial charge on any atom is -0.370 e. The van der Waals surface area contributed by atoms with Crippen LogP contribution in [0, 0.1) is 5.92 Å². The van der Waals surface area contributed by atoms with Gasteiger partial charge in [-0.2, -0.15) is 10.1 Å². The van der Waals surface area contributed by atoms with E-state index in [1.807, 2.05) is 42.3 Å². The van der Waals surface area contributed by atoms with Crippen molar-refractivity contribution in [1.82, 2.24) is 25.1 Å². The maximum atomic E-state index is 11.9. The van der Waals surface area contributed by atoms with Gasteiger partial charge < -0.3 is 16.0 Å². The van der Waals surface area contributed by atoms with E-state index in [9.17, 15) is 4.79 Å². The summed E-state index contributed by atoms with van der Waals surface area (Å²) in [6.45, 7) is 1.46. The number of carbonyl (C=O) groups excluding carboxylic acids is 1. The fourth-order valence-electron chi connectivity index (χ4n) is 3.95. The van der Waals surface area contributed by atoms with E-state index in [1.165, 1.54) is 24.8 Å². The maximum Gasteiger partial charge on any atom is 0.229 e. The predicted molar refractivity (Wildman–Crippen MR) is 121 cm³/mol. The predicted octanol–water partition coefficient (Wildman–Crippen LogP) is 3.70. The lowest BCUT2D eigenvalue weighted by atomic mass is 9.85. The minimum atomic E-state index is 0.211. The van der Waals surface area contributed by atoms with Gasteiger partial charge in [0.1, 0.15) is 5.82 Å². The van der Waals surface area contributed by atoms with Crippen molar-refractivity contribution in [1.29, 1.82) is 0 Å². The molecule has 1 amide bonds. The SMILES string of the molecule is Cn1cc2ccc(Nc3ncc(C4CC4)c(NCCCNC(=O)C4CCC4)n3)cc2n1. The van der Waals surface area contributed by atoms with Crippen LogP contribution in [0.2, 0.25) is 0 Å². The lowest BCUT2D eigenvalue weighted by molar-refractivity contribution is -0.127. The summed E-state index contributed by atoms with van der Waals surface area (Å²) < 4.78 is 1.81. The van der Waals surface area contributed by atoms with E-state index in [0.29, 0.717) is 18.4 Å². The molecule has 2 aliphatic carbocycles. The van der Waals surface area contributed by atoms with Crippen molar-refractivity contribution in [2.75, 3.05) is 23.7 Å². The quantitative estimate of drug-likeness (QED) is 0.458. The van der Waals surface area contributed by atoms with Crippen molar-refractivity contribution in [3.8, 4) is 0 Å². The number of amides is 1. The Bertz CT molecular complexity index is 1080. The summed E-state index contributed by atoms with van der Waals surface area (Å²) in [7, 11) is 1.92. The fraction of sp³-hybridized carbons (Fsp3) is 0.478. The first-order valence-corrected chi connectivity index (χ1v) is 11.2. The number of aromatic nitrogens is 4. The minimum absolute atomic E-state index is 0.211. The molecule has 5 rings (SSSR count). The number of anilines is 3. The highest BCUT2D eigenvalue weighted by atomic mass is 16.1. The van der Waals surface area contributed by atoms with Gasteiger partial charge in [-0.3, -0.25) is 9.48 Å². The van der Waals surface area contributed by atoms with Crippen LogP contribution in [-0.4, -0.2) is 38.7 Å². The zero-order valence-corrected chi connectivity index (χ0v) is 17.9. The van der Waals surface area contributed by atoms with Gasteiger partial charge in [0.2, 0.25) is 11.9 Å². The third kappa shape index (κ3) is 4.62. The fourth-order valence-corrected chi connectivity index (χ4v) is 3.95. The molecule has 0 saturated heterocycles. The first kappa shape index (κ1) is 19.8. The van der Waals surface area contributed by atoms with Gasteiger partial charge in [0.25, 0.3) is 0 Å². The molecule has 0 aliphatic heterocycles. The topological polar surface area (TPSA) is 96.8 Å². The van der Waals surface area contributed by atoms with Gasteiger partial charge in [0, 0.05) is 55.1 Å². The Hall–Kier alpha value is -3.16. The Kier molecular flexibility index (Phi) is 5.44. The summed E-state index contributed by atoms with van der Waals surface area (Å²) in [4.78, 5) is 21.2. The number of nitrogens with one attached hydrogen (secondary N) is 3. The molecule has 0 spiro atoms. The Morgan fingerprint density at radius 2 is 2.06 bits per heavy atom. The van der Waals surface area contributed by atoms with Gasteiger partial charge in [-0.05, 0) is 56.2 Å². The molecule has 31 heavy (non-hydrogen) atoms. The molecule has 2 saturated carbocycles. The second-order valence-electron chi connectivity index (χ2n) is 8.67. The van der Waals surface area contributed by atoms with Crippen LogP contribution in [0.25, 0.3) is 10.9 Å². The second kappa shape index (κ2) is 8.53. The van der Waals surface area contributed by atoms with Crippen LogP contribution in [0.4, 0.5) is 17.5 Å². The van der Waals surface area contributed by atoms with Crippen molar-refractivity contribution < 1.29 is 4.79 Å². The van der Waals surface area contributed by atoms with Gasteiger partial charge in [-0.15, -0.1) is 0 Å². The normalized spacial score (nSPS) is 16.2. The molecule has 0 atom stereocenters. The van der Waals surface area contributed by atoms with Crippen LogP contribution < -0.4 is 16.0 Å². The molecule has 1 aromatic carbocycles. The van der Waals surface area contributed by atoms with Crippen molar-refractivity contribution in [3.63, 3.8) is 0 Å². The largest absolute Gasteiger partial charge is 0.370 e. The molecule has 0 bridgehead atoms. The van der Waals surface area contributed by atoms with Crippen molar-refractivity contribution >= 4 is 34.3 Å². The number of carbonyl (C=O) groups is 1. The summed E-state index contributed by atoms with van der Waals surface area (Å²) in [6.07, 6.45) is 10.5. The van der Waals surface area contributed by atoms with E-state index in [0.717, 1.165) is 48.2 Å². The van der Waals surface area contributed by atoms with Gasteiger partial charge in [0.05, 0.1) is 5.52 Å². The molecule has 2 aliphatic rings. The summed E-state index contributed by atoms with van der Waals surface area (Å²) >= 11 is 0. The molecule has 8 nitrogen and oxygen atoms in total. The number of hydrogen-bond donors (Lipinski definition) is 3. The molecule has 3 N–H and O–H groups in total. The number of nitrogens with zero attached hydrogens (tertiary/aromatic N) is 4. The standard InChI is InChI=1S/C23H29N7O/c1-30-14-17-8-9-18(12-20(17)29-30)27-23-26-13-19(15-6-7-15)21(28-23)24-10-3-11-25-22(31)16-4-2-5-16/h8-9,12-16H,2-7,10-11H2,1H3,(H,25,31)(H2,24,26,27,28). The molecule has 0 radical (unpaired) electrons. The number of hydrogen-bond acceptors (Lipinski definition) is 6. The zero-order valence-electron chi connectivity index (χ0n) is 17.9. The van der Waals surface area contributed by atoms with Crippen LogP contribution in [0.15, 0.2) is 30.6 Å². The van der Waals surface area contributed by atoms with E-state index in [-0.39, 0.29) is 11.8 Å². The first-order valence-electron chi connectivity index (χ1n) is 11.2. The molecule has 162 valence electrons. The highest BCUT2D eigenvalue weighted by Crippen LogP contribution is 2.42. The van der Waals surface area contributed by atoms with Crippen LogP contribution in [0.1, 0.15) is 50.0 Å². The van der Waals surface area contributed by atoms with Gasteiger partial charge in [-0.1, -0.05) is 6.42 Å². The molecule has 3 aromatic rings. The van der Waals surface area contributed by atoms with Crippen LogP contribution in [0.5, 0.6) is 0 Å². The second-order valence-corrected chi connectivity index (χ2v) is 8.67. The number of benzene rings is 1. The van der Waals surface area contributed by atoms with Gasteiger partial charge >= 0.3 is 0 Å². The third-order valence-corrected chi connectivity index (χ3v) is 6.13.